The van der Waals surface area contributed by atoms with E-state index in [0.29, 0.717) is 5.56 Å². The molecule has 0 aliphatic rings. The summed E-state index contributed by atoms with van der Waals surface area (Å²) in [7, 11) is 0. The maximum Gasteiger partial charge on any atom is 0.255 e. The zero-order valence-electron chi connectivity index (χ0n) is 10.8. The smallest absolute Gasteiger partial charge is 0.255 e. The highest BCUT2D eigenvalue weighted by molar-refractivity contribution is 9.10. The van der Waals surface area contributed by atoms with E-state index in [1.807, 2.05) is 48.0 Å². The lowest BCUT2D eigenvalue weighted by Gasteiger charge is -2.07. The van der Waals surface area contributed by atoms with Gasteiger partial charge >= 0.3 is 0 Å². The fourth-order valence-corrected chi connectivity index (χ4v) is 2.39. The van der Waals surface area contributed by atoms with E-state index in [1.54, 1.807) is 12.1 Å². The minimum Gasteiger partial charge on any atom is -0.321 e. The van der Waals surface area contributed by atoms with Crippen LogP contribution in [0.2, 0.25) is 0 Å². The molecule has 0 radical (unpaired) electrons. The second-order valence-corrected chi connectivity index (χ2v) is 5.35. The van der Waals surface area contributed by atoms with Gasteiger partial charge in [0.1, 0.15) is 5.65 Å². The normalized spacial score (nSPS) is 10.7. The molecule has 3 rings (SSSR count). The van der Waals surface area contributed by atoms with Crippen LogP contribution in [0.5, 0.6) is 0 Å². The quantitative estimate of drug-likeness (QED) is 0.779. The molecule has 0 saturated carbocycles. The first-order valence-electron chi connectivity index (χ1n) is 6.15. The number of benzene rings is 1. The Bertz CT molecular complexity index is 795. The monoisotopic (exact) mass is 329 g/mol. The molecule has 20 heavy (non-hydrogen) atoms. The molecule has 3 aromatic rings. The number of nitrogens with one attached hydrogen (secondary N) is 1. The van der Waals surface area contributed by atoms with E-state index < -0.39 is 0 Å². The number of anilines is 1. The highest BCUT2D eigenvalue weighted by atomic mass is 79.9. The fourth-order valence-electron chi connectivity index (χ4n) is 2.01. The third-order valence-electron chi connectivity index (χ3n) is 2.96. The third kappa shape index (κ3) is 2.44. The molecular formula is C15H12BrN3O. The van der Waals surface area contributed by atoms with Gasteiger partial charge in [0.2, 0.25) is 0 Å². The maximum atomic E-state index is 12.2. The Hall–Kier alpha value is -2.14. The molecule has 1 N–H and O–H groups in total. The topological polar surface area (TPSA) is 46.4 Å². The Morgan fingerprint density at radius 1 is 1.30 bits per heavy atom. The van der Waals surface area contributed by atoms with Gasteiger partial charge in [-0.3, -0.25) is 4.79 Å². The first-order valence-corrected chi connectivity index (χ1v) is 6.94. The number of hydrogen-bond donors (Lipinski definition) is 1. The fraction of sp³-hybridized carbons (Fsp3) is 0.0667. The highest BCUT2D eigenvalue weighted by Gasteiger charge is 2.09. The zero-order valence-corrected chi connectivity index (χ0v) is 12.4. The van der Waals surface area contributed by atoms with Gasteiger partial charge in [-0.2, -0.15) is 0 Å². The van der Waals surface area contributed by atoms with Crippen LogP contribution in [0.3, 0.4) is 0 Å². The highest BCUT2D eigenvalue weighted by Crippen LogP contribution is 2.22. The number of rotatable bonds is 2. The first-order chi connectivity index (χ1) is 9.63. The van der Waals surface area contributed by atoms with Crippen molar-refractivity contribution in [2.24, 2.45) is 0 Å². The summed E-state index contributed by atoms with van der Waals surface area (Å²) >= 11 is 3.41. The molecule has 0 aliphatic heterocycles. The number of aryl methyl sites for hydroxylation is 1. The minimum absolute atomic E-state index is 0.153. The molecule has 1 amide bonds. The van der Waals surface area contributed by atoms with Crippen molar-refractivity contribution >= 4 is 33.2 Å². The molecule has 2 heterocycles. The van der Waals surface area contributed by atoms with Crippen molar-refractivity contribution in [3.63, 3.8) is 0 Å². The number of hydrogen-bond acceptors (Lipinski definition) is 2. The molecular weight excluding hydrogens is 318 g/mol. The van der Waals surface area contributed by atoms with Crippen LogP contribution in [-0.2, 0) is 0 Å². The lowest BCUT2D eigenvalue weighted by molar-refractivity contribution is 0.102. The van der Waals surface area contributed by atoms with Crippen LogP contribution in [-0.4, -0.2) is 15.3 Å². The molecule has 0 bridgehead atoms. The third-order valence-corrected chi connectivity index (χ3v) is 3.66. The van der Waals surface area contributed by atoms with Crippen LogP contribution >= 0.6 is 15.9 Å². The number of amides is 1. The predicted molar refractivity (Wildman–Crippen MR) is 82.0 cm³/mol. The van der Waals surface area contributed by atoms with Crippen molar-refractivity contribution in [1.82, 2.24) is 9.38 Å². The van der Waals surface area contributed by atoms with Crippen LogP contribution in [0, 0.1) is 6.92 Å². The van der Waals surface area contributed by atoms with E-state index in [4.69, 9.17) is 0 Å². The molecule has 0 saturated heterocycles. The summed E-state index contributed by atoms with van der Waals surface area (Å²) in [6.45, 7) is 1.92. The molecule has 4 nitrogen and oxygen atoms in total. The SMILES string of the molecule is Cc1cn2ccc(C(=O)Nc3ccccc3Br)cc2n1. The van der Waals surface area contributed by atoms with Gasteiger partial charge in [0.05, 0.1) is 11.4 Å². The summed E-state index contributed by atoms with van der Waals surface area (Å²) in [5.41, 5.74) is 3.02. The number of fused-ring (bicyclic) bond motifs is 1. The van der Waals surface area contributed by atoms with E-state index in [0.717, 1.165) is 21.5 Å². The summed E-state index contributed by atoms with van der Waals surface area (Å²) in [6.07, 6.45) is 3.76. The number of halogens is 1. The number of pyridine rings is 1. The number of para-hydroxylation sites is 1. The van der Waals surface area contributed by atoms with Gasteiger partial charge in [-0.25, -0.2) is 4.98 Å². The Balaban J connectivity index is 1.90. The van der Waals surface area contributed by atoms with Crippen LogP contribution in [0.15, 0.2) is 53.3 Å². The average Bonchev–Trinajstić information content (AvgIpc) is 2.80. The van der Waals surface area contributed by atoms with Gasteiger partial charge in [0, 0.05) is 22.4 Å². The lowest BCUT2D eigenvalue weighted by Crippen LogP contribution is -2.12. The van der Waals surface area contributed by atoms with Crippen LogP contribution in [0.1, 0.15) is 16.1 Å². The van der Waals surface area contributed by atoms with Crippen molar-refractivity contribution in [2.45, 2.75) is 6.92 Å². The van der Waals surface area contributed by atoms with E-state index in [1.165, 1.54) is 0 Å². The maximum absolute atomic E-state index is 12.2. The molecule has 0 atom stereocenters. The minimum atomic E-state index is -0.153. The van der Waals surface area contributed by atoms with Crippen molar-refractivity contribution < 1.29 is 4.79 Å². The number of nitrogens with zero attached hydrogens (tertiary/aromatic N) is 2. The van der Waals surface area contributed by atoms with Crippen molar-refractivity contribution in [3.05, 3.63) is 64.5 Å². The van der Waals surface area contributed by atoms with Crippen molar-refractivity contribution in [3.8, 4) is 0 Å². The Labute approximate surface area is 124 Å². The van der Waals surface area contributed by atoms with Crippen molar-refractivity contribution in [2.75, 3.05) is 5.32 Å². The standard InChI is InChI=1S/C15H12BrN3O/c1-10-9-19-7-6-11(8-14(19)17-10)15(20)18-13-5-3-2-4-12(13)16/h2-9H,1H3,(H,18,20). The average molecular weight is 330 g/mol. The molecule has 5 heteroatoms. The first kappa shape index (κ1) is 12.9. The summed E-state index contributed by atoms with van der Waals surface area (Å²) in [4.78, 5) is 16.6. The van der Waals surface area contributed by atoms with Gasteiger partial charge in [0.15, 0.2) is 0 Å². The van der Waals surface area contributed by atoms with E-state index in [2.05, 4.69) is 26.2 Å². The summed E-state index contributed by atoms with van der Waals surface area (Å²) in [5, 5.41) is 2.88. The summed E-state index contributed by atoms with van der Waals surface area (Å²) in [5.74, 6) is -0.153. The summed E-state index contributed by atoms with van der Waals surface area (Å²) in [6, 6.07) is 11.1. The zero-order chi connectivity index (χ0) is 14.1. The number of aromatic nitrogens is 2. The Morgan fingerprint density at radius 3 is 2.90 bits per heavy atom. The summed E-state index contributed by atoms with van der Waals surface area (Å²) < 4.78 is 2.75. The number of carbonyl (C=O) groups is 1. The second kappa shape index (κ2) is 5.09. The van der Waals surface area contributed by atoms with E-state index in [9.17, 15) is 4.79 Å². The molecule has 0 unspecified atom stereocenters. The number of carbonyl (C=O) groups excluding carboxylic acids is 1. The van der Waals surface area contributed by atoms with Gasteiger partial charge in [0.25, 0.3) is 5.91 Å². The molecule has 0 aliphatic carbocycles. The van der Waals surface area contributed by atoms with Crippen LogP contribution in [0.25, 0.3) is 5.65 Å². The molecule has 1 aromatic carbocycles. The Morgan fingerprint density at radius 2 is 2.10 bits per heavy atom. The predicted octanol–water partition coefficient (Wildman–Crippen LogP) is 3.66. The Kier molecular flexibility index (Phi) is 3.28. The largest absolute Gasteiger partial charge is 0.321 e. The van der Waals surface area contributed by atoms with Gasteiger partial charge in [-0.1, -0.05) is 12.1 Å². The van der Waals surface area contributed by atoms with Gasteiger partial charge < -0.3 is 9.72 Å². The van der Waals surface area contributed by atoms with Crippen LogP contribution in [0.4, 0.5) is 5.69 Å². The lowest BCUT2D eigenvalue weighted by atomic mass is 10.2. The van der Waals surface area contributed by atoms with E-state index >= 15 is 0 Å². The van der Waals surface area contributed by atoms with Crippen LogP contribution < -0.4 is 5.32 Å². The molecule has 0 spiro atoms. The molecule has 100 valence electrons. The van der Waals surface area contributed by atoms with Gasteiger partial charge in [-0.05, 0) is 47.1 Å². The molecule has 0 fully saturated rings. The van der Waals surface area contributed by atoms with Crippen molar-refractivity contribution in [1.29, 1.82) is 0 Å². The number of imidazole rings is 1. The molecule has 2 aromatic heterocycles. The second-order valence-electron chi connectivity index (χ2n) is 4.50. The van der Waals surface area contributed by atoms with Gasteiger partial charge in [-0.15, -0.1) is 0 Å². The van der Waals surface area contributed by atoms with E-state index in [-0.39, 0.29) is 5.91 Å².